The van der Waals surface area contributed by atoms with Crippen LogP contribution in [0.4, 0.5) is 0 Å². The van der Waals surface area contributed by atoms with Crippen LogP contribution in [0.25, 0.3) is 11.1 Å². The van der Waals surface area contributed by atoms with Crippen molar-refractivity contribution in [1.82, 2.24) is 0 Å². The van der Waals surface area contributed by atoms with E-state index < -0.39 is 0 Å². The molecule has 0 spiro atoms. The van der Waals surface area contributed by atoms with Crippen LogP contribution in [0.3, 0.4) is 0 Å². The molecular formula is C34H42O. The Hall–Kier alpha value is -2.54. The van der Waals surface area contributed by atoms with E-state index in [0.29, 0.717) is 6.61 Å². The smallest absolute Gasteiger partial charge is 0.119 e. The average Bonchev–Trinajstić information content (AvgIpc) is 2.93. The van der Waals surface area contributed by atoms with Crippen LogP contribution in [-0.2, 0) is 6.61 Å². The van der Waals surface area contributed by atoms with Crippen molar-refractivity contribution in [3.05, 3.63) is 90.0 Å². The summed E-state index contributed by atoms with van der Waals surface area (Å²) in [6.07, 6.45) is 14.5. The largest absolute Gasteiger partial charge is 0.489 e. The Kier molecular flexibility index (Phi) is 8.24. The molecule has 0 radical (unpaired) electrons. The molecule has 184 valence electrons. The summed E-state index contributed by atoms with van der Waals surface area (Å²) in [7, 11) is 0. The molecule has 0 amide bonds. The van der Waals surface area contributed by atoms with Crippen LogP contribution in [0.2, 0.25) is 0 Å². The van der Waals surface area contributed by atoms with Gasteiger partial charge in [0.05, 0.1) is 0 Å². The first-order valence-electron chi connectivity index (χ1n) is 14.2. The predicted octanol–water partition coefficient (Wildman–Crippen LogP) is 9.81. The highest BCUT2D eigenvalue weighted by atomic mass is 16.5. The van der Waals surface area contributed by atoms with Crippen molar-refractivity contribution >= 4 is 0 Å². The van der Waals surface area contributed by atoms with Gasteiger partial charge in [-0.1, -0.05) is 106 Å². The zero-order valence-electron chi connectivity index (χ0n) is 21.5. The van der Waals surface area contributed by atoms with Crippen molar-refractivity contribution in [2.75, 3.05) is 0 Å². The van der Waals surface area contributed by atoms with Crippen molar-refractivity contribution in [1.29, 1.82) is 0 Å². The molecule has 1 nitrogen and oxygen atoms in total. The SMILES string of the molecule is CCCCCC1CCC2CC(c3ccc(-c4ccc(OCc5ccccc5)cc4)cc3)CCC2C1. The van der Waals surface area contributed by atoms with Gasteiger partial charge >= 0.3 is 0 Å². The van der Waals surface area contributed by atoms with Crippen LogP contribution in [0.15, 0.2) is 78.9 Å². The maximum Gasteiger partial charge on any atom is 0.119 e. The van der Waals surface area contributed by atoms with Gasteiger partial charge in [0, 0.05) is 0 Å². The van der Waals surface area contributed by atoms with E-state index in [1.165, 1.54) is 80.9 Å². The summed E-state index contributed by atoms with van der Waals surface area (Å²) in [5.74, 6) is 4.68. The Balaban J connectivity index is 1.13. The van der Waals surface area contributed by atoms with Crippen molar-refractivity contribution in [3.8, 4) is 16.9 Å². The Morgan fingerprint density at radius 1 is 0.686 bits per heavy atom. The molecule has 3 aromatic rings. The molecule has 2 aliphatic rings. The first kappa shape index (κ1) is 24.2. The Morgan fingerprint density at radius 3 is 2.11 bits per heavy atom. The zero-order valence-corrected chi connectivity index (χ0v) is 21.5. The molecular weight excluding hydrogens is 424 g/mol. The third-order valence-electron chi connectivity index (χ3n) is 8.76. The second kappa shape index (κ2) is 11.9. The van der Waals surface area contributed by atoms with E-state index in [2.05, 4.69) is 79.7 Å². The summed E-state index contributed by atoms with van der Waals surface area (Å²) in [5, 5.41) is 0. The molecule has 2 fully saturated rings. The monoisotopic (exact) mass is 466 g/mol. The average molecular weight is 467 g/mol. The lowest BCUT2D eigenvalue weighted by molar-refractivity contribution is 0.113. The number of unbranched alkanes of at least 4 members (excludes halogenated alkanes) is 2. The number of benzene rings is 3. The van der Waals surface area contributed by atoms with Crippen molar-refractivity contribution < 1.29 is 4.74 Å². The normalized spacial score (nSPS) is 24.0. The van der Waals surface area contributed by atoms with Crippen LogP contribution < -0.4 is 4.74 Å². The summed E-state index contributed by atoms with van der Waals surface area (Å²) in [6, 6.07) is 28.3. The standard InChI is InChI=1S/C34H42O/c1-2-3-5-8-26-11-12-33-24-32(18-17-31(33)23-26)30-15-13-28(14-16-30)29-19-21-34(22-20-29)35-25-27-9-6-4-7-10-27/h4,6-7,9-10,13-16,19-22,26,31-33H,2-3,5,8,11-12,17-18,23-25H2,1H3. The number of hydrogen-bond acceptors (Lipinski definition) is 1. The van der Waals surface area contributed by atoms with E-state index in [1.807, 2.05) is 6.07 Å². The lowest BCUT2D eigenvalue weighted by Gasteiger charge is -2.42. The fourth-order valence-electron chi connectivity index (χ4n) is 6.67. The summed E-state index contributed by atoms with van der Waals surface area (Å²) in [4.78, 5) is 0. The molecule has 3 aromatic carbocycles. The van der Waals surface area contributed by atoms with E-state index in [9.17, 15) is 0 Å². The maximum atomic E-state index is 5.96. The minimum atomic E-state index is 0.609. The van der Waals surface area contributed by atoms with Gasteiger partial charge in [0.1, 0.15) is 12.4 Å². The van der Waals surface area contributed by atoms with Crippen molar-refractivity contribution in [2.24, 2.45) is 17.8 Å². The highest BCUT2D eigenvalue weighted by molar-refractivity contribution is 5.64. The quantitative estimate of drug-likeness (QED) is 0.285. The molecule has 2 saturated carbocycles. The van der Waals surface area contributed by atoms with E-state index in [-0.39, 0.29) is 0 Å². The second-order valence-electron chi connectivity index (χ2n) is 11.1. The summed E-state index contributed by atoms with van der Waals surface area (Å²) in [5.41, 5.74) is 5.31. The summed E-state index contributed by atoms with van der Waals surface area (Å²) in [6.45, 7) is 2.93. The molecule has 5 rings (SSSR count). The van der Waals surface area contributed by atoms with Gasteiger partial charge in [-0.3, -0.25) is 0 Å². The molecule has 0 heterocycles. The fraction of sp³-hybridized carbons (Fsp3) is 0.471. The third-order valence-corrected chi connectivity index (χ3v) is 8.76. The van der Waals surface area contributed by atoms with Gasteiger partial charge in [-0.05, 0) is 90.2 Å². The number of hydrogen-bond donors (Lipinski definition) is 0. The van der Waals surface area contributed by atoms with Gasteiger partial charge in [0.2, 0.25) is 0 Å². The van der Waals surface area contributed by atoms with Crippen LogP contribution in [0, 0.1) is 17.8 Å². The fourth-order valence-corrected chi connectivity index (χ4v) is 6.67. The second-order valence-corrected chi connectivity index (χ2v) is 11.1. The van der Waals surface area contributed by atoms with Crippen LogP contribution in [0.1, 0.15) is 88.2 Å². The molecule has 4 atom stereocenters. The van der Waals surface area contributed by atoms with E-state index in [0.717, 1.165) is 29.4 Å². The minimum absolute atomic E-state index is 0.609. The Morgan fingerprint density at radius 2 is 1.37 bits per heavy atom. The van der Waals surface area contributed by atoms with E-state index in [4.69, 9.17) is 4.74 Å². The Labute approximate surface area is 212 Å². The maximum absolute atomic E-state index is 5.96. The molecule has 4 unspecified atom stereocenters. The molecule has 0 bridgehead atoms. The van der Waals surface area contributed by atoms with E-state index >= 15 is 0 Å². The first-order chi connectivity index (χ1) is 17.3. The van der Waals surface area contributed by atoms with Gasteiger partial charge in [-0.2, -0.15) is 0 Å². The molecule has 0 N–H and O–H groups in total. The van der Waals surface area contributed by atoms with E-state index in [1.54, 1.807) is 5.56 Å². The molecule has 0 aromatic heterocycles. The topological polar surface area (TPSA) is 9.23 Å². The molecule has 2 aliphatic carbocycles. The van der Waals surface area contributed by atoms with Crippen molar-refractivity contribution in [2.45, 2.75) is 83.7 Å². The van der Waals surface area contributed by atoms with Crippen LogP contribution >= 0.6 is 0 Å². The lowest BCUT2D eigenvalue weighted by Crippen LogP contribution is -2.30. The molecule has 35 heavy (non-hydrogen) atoms. The minimum Gasteiger partial charge on any atom is -0.489 e. The van der Waals surface area contributed by atoms with Gasteiger partial charge in [0.15, 0.2) is 0 Å². The first-order valence-corrected chi connectivity index (χ1v) is 14.2. The van der Waals surface area contributed by atoms with Crippen LogP contribution in [-0.4, -0.2) is 0 Å². The zero-order chi connectivity index (χ0) is 23.9. The summed E-state index contributed by atoms with van der Waals surface area (Å²) < 4.78 is 5.96. The van der Waals surface area contributed by atoms with Gasteiger partial charge in [0.25, 0.3) is 0 Å². The van der Waals surface area contributed by atoms with Crippen LogP contribution in [0.5, 0.6) is 5.75 Å². The molecule has 0 aliphatic heterocycles. The Bertz CT molecular complexity index is 1020. The highest BCUT2D eigenvalue weighted by Gasteiger charge is 2.35. The summed E-state index contributed by atoms with van der Waals surface area (Å²) >= 11 is 0. The third kappa shape index (κ3) is 6.37. The van der Waals surface area contributed by atoms with Crippen molar-refractivity contribution in [3.63, 3.8) is 0 Å². The number of rotatable bonds is 9. The van der Waals surface area contributed by atoms with Gasteiger partial charge in [-0.25, -0.2) is 0 Å². The number of ether oxygens (including phenoxy) is 1. The molecule has 1 heteroatoms. The highest BCUT2D eigenvalue weighted by Crippen LogP contribution is 2.48. The van der Waals surface area contributed by atoms with Gasteiger partial charge < -0.3 is 4.74 Å². The lowest BCUT2D eigenvalue weighted by atomic mass is 9.63. The molecule has 0 saturated heterocycles. The number of fused-ring (bicyclic) bond motifs is 1. The van der Waals surface area contributed by atoms with Gasteiger partial charge in [-0.15, -0.1) is 0 Å². The predicted molar refractivity (Wildman–Crippen MR) is 148 cm³/mol.